The van der Waals surface area contributed by atoms with Crippen LogP contribution in [0.2, 0.25) is 0 Å². The van der Waals surface area contributed by atoms with Crippen molar-refractivity contribution in [3.63, 3.8) is 0 Å². The summed E-state index contributed by atoms with van der Waals surface area (Å²) in [5.74, 6) is 0. The molecule has 0 radical (unpaired) electrons. The zero-order chi connectivity index (χ0) is 10.6. The minimum atomic E-state index is 0.178. The van der Waals surface area contributed by atoms with Crippen molar-refractivity contribution in [3.05, 3.63) is 34.3 Å². The van der Waals surface area contributed by atoms with Crippen LogP contribution in [-0.2, 0) is 6.54 Å². The summed E-state index contributed by atoms with van der Waals surface area (Å²) < 4.78 is 1.14. The molecule has 3 heteroatoms. The van der Waals surface area contributed by atoms with Crippen molar-refractivity contribution in [2.24, 2.45) is 5.73 Å². The predicted octanol–water partition coefficient (Wildman–Crippen LogP) is 2.27. The number of nitrogens with two attached hydrogens (primary N) is 1. The molecule has 14 heavy (non-hydrogen) atoms. The van der Waals surface area contributed by atoms with E-state index in [-0.39, 0.29) is 6.04 Å². The molecule has 0 aromatic heterocycles. The molecule has 0 aliphatic carbocycles. The molecule has 0 aliphatic heterocycles. The molecule has 0 heterocycles. The molecule has 1 aromatic carbocycles. The van der Waals surface area contributed by atoms with Crippen molar-refractivity contribution >= 4 is 15.9 Å². The van der Waals surface area contributed by atoms with E-state index in [0.717, 1.165) is 11.0 Å². The minimum Gasteiger partial charge on any atom is -0.327 e. The van der Waals surface area contributed by atoms with E-state index in [1.54, 1.807) is 0 Å². The minimum absolute atomic E-state index is 0.178. The van der Waals surface area contributed by atoms with Gasteiger partial charge in [-0.05, 0) is 25.5 Å². The third kappa shape index (κ3) is 3.40. The van der Waals surface area contributed by atoms with Gasteiger partial charge in [0, 0.05) is 23.1 Å². The Morgan fingerprint density at radius 1 is 1.36 bits per heavy atom. The maximum atomic E-state index is 5.76. The summed E-state index contributed by atoms with van der Waals surface area (Å²) in [6, 6.07) is 8.72. The highest BCUT2D eigenvalue weighted by Crippen LogP contribution is 2.15. The number of rotatable bonds is 4. The summed E-state index contributed by atoms with van der Waals surface area (Å²) in [5.41, 5.74) is 7.03. The molecule has 1 aromatic rings. The first-order valence-electron chi connectivity index (χ1n) is 4.83. The van der Waals surface area contributed by atoms with Gasteiger partial charge in [-0.25, -0.2) is 0 Å². The SMILES string of the molecule is CC(N)C(C)NCc1ccccc1Br. The summed E-state index contributed by atoms with van der Waals surface area (Å²) in [7, 11) is 0. The average Bonchev–Trinajstić information content (AvgIpc) is 2.16. The zero-order valence-corrected chi connectivity index (χ0v) is 10.2. The highest BCUT2D eigenvalue weighted by molar-refractivity contribution is 9.10. The Morgan fingerprint density at radius 2 is 2.00 bits per heavy atom. The number of benzene rings is 1. The average molecular weight is 257 g/mol. The van der Waals surface area contributed by atoms with Crippen LogP contribution < -0.4 is 11.1 Å². The van der Waals surface area contributed by atoms with Crippen LogP contribution in [0.15, 0.2) is 28.7 Å². The van der Waals surface area contributed by atoms with Crippen molar-refractivity contribution in [3.8, 4) is 0 Å². The van der Waals surface area contributed by atoms with Crippen molar-refractivity contribution in [1.82, 2.24) is 5.32 Å². The van der Waals surface area contributed by atoms with Crippen molar-refractivity contribution in [2.45, 2.75) is 32.5 Å². The second kappa shape index (κ2) is 5.49. The van der Waals surface area contributed by atoms with Gasteiger partial charge in [0.25, 0.3) is 0 Å². The van der Waals surface area contributed by atoms with Crippen LogP contribution in [0.3, 0.4) is 0 Å². The molecule has 0 fully saturated rings. The van der Waals surface area contributed by atoms with E-state index in [0.29, 0.717) is 6.04 Å². The Labute approximate surface area is 94.0 Å². The van der Waals surface area contributed by atoms with Gasteiger partial charge < -0.3 is 11.1 Å². The molecule has 2 atom stereocenters. The lowest BCUT2D eigenvalue weighted by Crippen LogP contribution is -2.40. The molecule has 2 nitrogen and oxygen atoms in total. The zero-order valence-electron chi connectivity index (χ0n) is 8.63. The molecule has 0 saturated heterocycles. The van der Waals surface area contributed by atoms with Crippen LogP contribution in [0.25, 0.3) is 0 Å². The van der Waals surface area contributed by atoms with E-state index in [4.69, 9.17) is 5.73 Å². The molecule has 0 aliphatic rings. The predicted molar refractivity (Wildman–Crippen MR) is 64.1 cm³/mol. The van der Waals surface area contributed by atoms with E-state index in [2.05, 4.69) is 34.2 Å². The molecule has 0 saturated carbocycles. The molecule has 0 amide bonds. The summed E-state index contributed by atoms with van der Waals surface area (Å²) in [6.45, 7) is 4.96. The van der Waals surface area contributed by atoms with Gasteiger partial charge in [0.1, 0.15) is 0 Å². The maximum Gasteiger partial charge on any atom is 0.0220 e. The molecule has 1 rings (SSSR count). The van der Waals surface area contributed by atoms with Crippen LogP contribution in [-0.4, -0.2) is 12.1 Å². The standard InChI is InChI=1S/C11H17BrN2/c1-8(13)9(2)14-7-10-5-3-4-6-11(10)12/h3-6,8-9,14H,7,13H2,1-2H3. The number of hydrogen-bond acceptors (Lipinski definition) is 2. The van der Waals surface area contributed by atoms with E-state index in [1.807, 2.05) is 25.1 Å². The Hall–Kier alpha value is -0.380. The Bertz CT molecular complexity index is 286. The molecular formula is C11H17BrN2. The molecule has 78 valence electrons. The molecule has 2 unspecified atom stereocenters. The Balaban J connectivity index is 2.50. The fourth-order valence-corrected chi connectivity index (χ4v) is 1.52. The van der Waals surface area contributed by atoms with Crippen LogP contribution in [0.4, 0.5) is 0 Å². The second-order valence-electron chi connectivity index (χ2n) is 3.62. The van der Waals surface area contributed by atoms with E-state index >= 15 is 0 Å². The molecule has 0 bridgehead atoms. The number of halogens is 1. The van der Waals surface area contributed by atoms with E-state index in [9.17, 15) is 0 Å². The van der Waals surface area contributed by atoms with Crippen LogP contribution >= 0.6 is 15.9 Å². The Kier molecular flexibility index (Phi) is 4.58. The smallest absolute Gasteiger partial charge is 0.0220 e. The van der Waals surface area contributed by atoms with Gasteiger partial charge in [-0.2, -0.15) is 0 Å². The van der Waals surface area contributed by atoms with Gasteiger partial charge in [-0.15, -0.1) is 0 Å². The van der Waals surface area contributed by atoms with Gasteiger partial charge in [0.15, 0.2) is 0 Å². The third-order valence-electron chi connectivity index (χ3n) is 2.36. The molecule has 3 N–H and O–H groups in total. The van der Waals surface area contributed by atoms with Crippen molar-refractivity contribution in [1.29, 1.82) is 0 Å². The third-order valence-corrected chi connectivity index (χ3v) is 3.13. The highest BCUT2D eigenvalue weighted by Gasteiger charge is 2.06. The lowest BCUT2D eigenvalue weighted by Gasteiger charge is -2.17. The monoisotopic (exact) mass is 256 g/mol. The van der Waals surface area contributed by atoms with E-state index in [1.165, 1.54) is 5.56 Å². The van der Waals surface area contributed by atoms with Gasteiger partial charge in [0.2, 0.25) is 0 Å². The fourth-order valence-electron chi connectivity index (χ4n) is 1.10. The summed E-state index contributed by atoms with van der Waals surface area (Å²) in [4.78, 5) is 0. The number of nitrogens with one attached hydrogen (secondary N) is 1. The summed E-state index contributed by atoms with van der Waals surface area (Å²) in [5, 5.41) is 3.38. The maximum absolute atomic E-state index is 5.76. The van der Waals surface area contributed by atoms with Gasteiger partial charge in [0.05, 0.1) is 0 Å². The van der Waals surface area contributed by atoms with E-state index < -0.39 is 0 Å². The number of hydrogen-bond donors (Lipinski definition) is 2. The Morgan fingerprint density at radius 3 is 2.57 bits per heavy atom. The fraction of sp³-hybridized carbons (Fsp3) is 0.455. The first-order chi connectivity index (χ1) is 6.61. The second-order valence-corrected chi connectivity index (χ2v) is 4.47. The first kappa shape index (κ1) is 11.7. The highest BCUT2D eigenvalue weighted by atomic mass is 79.9. The summed E-state index contributed by atoms with van der Waals surface area (Å²) >= 11 is 3.51. The van der Waals surface area contributed by atoms with Crippen LogP contribution in [0.1, 0.15) is 19.4 Å². The van der Waals surface area contributed by atoms with Crippen molar-refractivity contribution in [2.75, 3.05) is 0 Å². The van der Waals surface area contributed by atoms with Crippen molar-refractivity contribution < 1.29 is 0 Å². The van der Waals surface area contributed by atoms with Crippen LogP contribution in [0.5, 0.6) is 0 Å². The first-order valence-corrected chi connectivity index (χ1v) is 5.63. The summed E-state index contributed by atoms with van der Waals surface area (Å²) in [6.07, 6.45) is 0. The van der Waals surface area contributed by atoms with Gasteiger partial charge >= 0.3 is 0 Å². The lowest BCUT2D eigenvalue weighted by molar-refractivity contribution is 0.477. The quantitative estimate of drug-likeness (QED) is 0.868. The molecule has 0 spiro atoms. The topological polar surface area (TPSA) is 38.0 Å². The molecular weight excluding hydrogens is 240 g/mol. The van der Waals surface area contributed by atoms with Crippen LogP contribution in [0, 0.1) is 0 Å². The largest absolute Gasteiger partial charge is 0.327 e. The lowest BCUT2D eigenvalue weighted by atomic mass is 10.1. The van der Waals surface area contributed by atoms with Gasteiger partial charge in [-0.3, -0.25) is 0 Å². The normalized spacial score (nSPS) is 15.1. The van der Waals surface area contributed by atoms with Gasteiger partial charge in [-0.1, -0.05) is 34.1 Å².